The summed E-state index contributed by atoms with van der Waals surface area (Å²) < 4.78 is 5.65. The monoisotopic (exact) mass is 226 g/mol. The molecule has 3 rings (SSSR count). The van der Waals surface area contributed by atoms with Crippen molar-refractivity contribution in [2.45, 2.75) is 18.8 Å². The topological polar surface area (TPSA) is 29.5 Å². The molecule has 1 aliphatic rings. The second-order valence-electron chi connectivity index (χ2n) is 4.29. The van der Waals surface area contributed by atoms with Crippen LogP contribution in [0, 0.1) is 0 Å². The van der Waals surface area contributed by atoms with Crippen LogP contribution in [-0.4, -0.2) is 5.11 Å². The van der Waals surface area contributed by atoms with Gasteiger partial charge < -0.3 is 9.84 Å². The van der Waals surface area contributed by atoms with E-state index in [9.17, 15) is 5.11 Å². The molecule has 17 heavy (non-hydrogen) atoms. The zero-order valence-corrected chi connectivity index (χ0v) is 9.41. The van der Waals surface area contributed by atoms with Crippen molar-refractivity contribution in [3.05, 3.63) is 71.3 Å². The number of rotatable bonds is 1. The third-order valence-electron chi connectivity index (χ3n) is 3.19. The quantitative estimate of drug-likeness (QED) is 0.810. The van der Waals surface area contributed by atoms with Gasteiger partial charge in [0.05, 0.1) is 6.10 Å². The van der Waals surface area contributed by atoms with E-state index in [1.165, 1.54) is 5.56 Å². The second-order valence-corrected chi connectivity index (χ2v) is 4.29. The average molecular weight is 226 g/mol. The van der Waals surface area contributed by atoms with E-state index in [1.54, 1.807) is 0 Å². The maximum absolute atomic E-state index is 9.97. The minimum atomic E-state index is -0.815. The van der Waals surface area contributed by atoms with Crippen LogP contribution >= 0.6 is 0 Å². The highest BCUT2D eigenvalue weighted by atomic mass is 16.6. The molecule has 2 aromatic rings. The largest absolute Gasteiger partial charge is 0.364 e. The maximum atomic E-state index is 9.97. The lowest BCUT2D eigenvalue weighted by molar-refractivity contribution is -0.151. The van der Waals surface area contributed by atoms with Gasteiger partial charge in [0.15, 0.2) is 6.29 Å². The lowest BCUT2D eigenvalue weighted by atomic mass is 9.94. The van der Waals surface area contributed by atoms with E-state index < -0.39 is 6.29 Å². The fraction of sp³-hybridized carbons (Fsp3) is 0.200. The Hall–Kier alpha value is -1.64. The van der Waals surface area contributed by atoms with Crippen molar-refractivity contribution in [3.8, 4) is 0 Å². The summed E-state index contributed by atoms with van der Waals surface area (Å²) in [7, 11) is 0. The van der Waals surface area contributed by atoms with Crippen LogP contribution in [0.4, 0.5) is 0 Å². The predicted molar refractivity (Wildman–Crippen MR) is 65.4 cm³/mol. The summed E-state index contributed by atoms with van der Waals surface area (Å²) in [6.07, 6.45) is -0.0525. The third-order valence-corrected chi connectivity index (χ3v) is 3.19. The van der Waals surface area contributed by atoms with Crippen LogP contribution < -0.4 is 0 Å². The number of hydrogen-bond donors (Lipinski definition) is 1. The summed E-state index contributed by atoms with van der Waals surface area (Å²) in [4.78, 5) is 0. The summed E-state index contributed by atoms with van der Waals surface area (Å²) in [6, 6.07) is 17.9. The standard InChI is InChI=1S/C15H14O2/c16-15-13-9-5-4-8-12(13)10-14(17-15)11-6-2-1-3-7-11/h1-9,14-16H,10H2/t14-,15-/m1/s1. The Balaban J connectivity index is 1.94. The molecule has 86 valence electrons. The maximum Gasteiger partial charge on any atom is 0.182 e. The highest BCUT2D eigenvalue weighted by Crippen LogP contribution is 2.35. The van der Waals surface area contributed by atoms with Crippen molar-refractivity contribution in [2.24, 2.45) is 0 Å². The number of aliphatic hydroxyl groups excluding tert-OH is 1. The lowest BCUT2D eigenvalue weighted by Crippen LogP contribution is -2.19. The second kappa shape index (κ2) is 4.32. The molecule has 2 nitrogen and oxygen atoms in total. The van der Waals surface area contributed by atoms with Crippen LogP contribution in [0.25, 0.3) is 0 Å². The van der Waals surface area contributed by atoms with Gasteiger partial charge in [-0.05, 0) is 11.1 Å². The van der Waals surface area contributed by atoms with E-state index in [1.807, 2.05) is 48.5 Å². The number of aliphatic hydroxyl groups is 1. The van der Waals surface area contributed by atoms with Gasteiger partial charge in [-0.2, -0.15) is 0 Å². The van der Waals surface area contributed by atoms with Gasteiger partial charge in [-0.15, -0.1) is 0 Å². The Morgan fingerprint density at radius 2 is 1.65 bits per heavy atom. The number of hydrogen-bond acceptors (Lipinski definition) is 2. The fourth-order valence-electron chi connectivity index (χ4n) is 2.30. The molecule has 1 aliphatic heterocycles. The minimum absolute atomic E-state index is 0.0545. The van der Waals surface area contributed by atoms with Gasteiger partial charge in [-0.1, -0.05) is 54.6 Å². The minimum Gasteiger partial charge on any atom is -0.364 e. The number of ether oxygens (including phenoxy) is 1. The SMILES string of the molecule is O[C@@H]1O[C@@H](c2ccccc2)Cc2ccccc21. The van der Waals surface area contributed by atoms with E-state index in [-0.39, 0.29) is 6.10 Å². The molecule has 0 spiro atoms. The fourth-order valence-corrected chi connectivity index (χ4v) is 2.30. The average Bonchev–Trinajstić information content (AvgIpc) is 2.40. The van der Waals surface area contributed by atoms with E-state index in [4.69, 9.17) is 4.74 Å². The van der Waals surface area contributed by atoms with Gasteiger partial charge in [-0.3, -0.25) is 0 Å². The first-order valence-corrected chi connectivity index (χ1v) is 5.81. The van der Waals surface area contributed by atoms with Gasteiger partial charge >= 0.3 is 0 Å². The number of fused-ring (bicyclic) bond motifs is 1. The van der Waals surface area contributed by atoms with Gasteiger partial charge in [0.2, 0.25) is 0 Å². The lowest BCUT2D eigenvalue weighted by Gasteiger charge is -2.29. The van der Waals surface area contributed by atoms with Gasteiger partial charge in [0.1, 0.15) is 0 Å². The third kappa shape index (κ3) is 1.97. The molecule has 0 fully saturated rings. The van der Waals surface area contributed by atoms with Crippen LogP contribution in [0.3, 0.4) is 0 Å². The van der Waals surface area contributed by atoms with Gasteiger partial charge in [-0.25, -0.2) is 0 Å². The molecule has 0 amide bonds. The van der Waals surface area contributed by atoms with E-state index in [2.05, 4.69) is 6.07 Å². The Bertz CT molecular complexity index is 507. The molecule has 0 saturated carbocycles. The Morgan fingerprint density at radius 3 is 2.47 bits per heavy atom. The first-order valence-electron chi connectivity index (χ1n) is 5.81. The highest BCUT2D eigenvalue weighted by molar-refractivity contribution is 5.32. The summed E-state index contributed by atoms with van der Waals surface area (Å²) in [5.41, 5.74) is 3.17. The van der Waals surface area contributed by atoms with Gasteiger partial charge in [0.25, 0.3) is 0 Å². The Morgan fingerprint density at radius 1 is 0.941 bits per heavy atom. The summed E-state index contributed by atoms with van der Waals surface area (Å²) in [6.45, 7) is 0. The molecular formula is C15H14O2. The molecule has 2 heteroatoms. The molecule has 0 radical (unpaired) electrons. The first-order chi connectivity index (χ1) is 8.34. The van der Waals surface area contributed by atoms with Crippen LogP contribution in [0.1, 0.15) is 29.1 Å². The van der Waals surface area contributed by atoms with Crippen LogP contribution in [0.5, 0.6) is 0 Å². The van der Waals surface area contributed by atoms with Crippen molar-refractivity contribution in [2.75, 3.05) is 0 Å². The predicted octanol–water partition coefficient (Wildman–Crippen LogP) is 2.99. The van der Waals surface area contributed by atoms with E-state index in [0.717, 1.165) is 17.5 Å². The molecule has 0 aromatic heterocycles. The molecule has 1 heterocycles. The van der Waals surface area contributed by atoms with Gasteiger partial charge in [0, 0.05) is 12.0 Å². The first kappa shape index (κ1) is 10.5. The Kier molecular flexibility index (Phi) is 2.67. The van der Waals surface area contributed by atoms with Crippen molar-refractivity contribution >= 4 is 0 Å². The zero-order chi connectivity index (χ0) is 11.7. The number of benzene rings is 2. The van der Waals surface area contributed by atoms with Crippen LogP contribution in [0.2, 0.25) is 0 Å². The summed E-state index contributed by atoms with van der Waals surface area (Å²) in [5, 5.41) is 9.97. The van der Waals surface area contributed by atoms with E-state index >= 15 is 0 Å². The highest BCUT2D eigenvalue weighted by Gasteiger charge is 2.26. The molecule has 2 atom stereocenters. The summed E-state index contributed by atoms with van der Waals surface area (Å²) in [5.74, 6) is 0. The zero-order valence-electron chi connectivity index (χ0n) is 9.41. The molecular weight excluding hydrogens is 212 g/mol. The van der Waals surface area contributed by atoms with Crippen molar-refractivity contribution in [1.29, 1.82) is 0 Å². The Labute approximate surface area is 100 Å². The van der Waals surface area contributed by atoms with Crippen LogP contribution in [-0.2, 0) is 11.2 Å². The summed E-state index contributed by atoms with van der Waals surface area (Å²) >= 11 is 0. The molecule has 0 aliphatic carbocycles. The molecule has 2 aromatic carbocycles. The molecule has 0 unspecified atom stereocenters. The molecule has 0 bridgehead atoms. The van der Waals surface area contributed by atoms with Crippen molar-refractivity contribution in [3.63, 3.8) is 0 Å². The van der Waals surface area contributed by atoms with Crippen LogP contribution in [0.15, 0.2) is 54.6 Å². The molecule has 0 saturated heterocycles. The van der Waals surface area contributed by atoms with Crippen molar-refractivity contribution in [1.82, 2.24) is 0 Å². The van der Waals surface area contributed by atoms with Crippen molar-refractivity contribution < 1.29 is 9.84 Å². The normalized spacial score (nSPS) is 23.1. The molecule has 1 N–H and O–H groups in total. The smallest absolute Gasteiger partial charge is 0.182 e. The van der Waals surface area contributed by atoms with E-state index in [0.29, 0.717) is 0 Å².